The van der Waals surface area contributed by atoms with Crippen molar-refractivity contribution in [2.24, 2.45) is 0 Å². The second-order valence-electron chi connectivity index (χ2n) is 3.36. The summed E-state index contributed by atoms with van der Waals surface area (Å²) in [5.41, 5.74) is -0.0243. The van der Waals surface area contributed by atoms with Crippen molar-refractivity contribution in [2.75, 3.05) is 0 Å². The number of pyridine rings is 1. The van der Waals surface area contributed by atoms with Gasteiger partial charge in [0.05, 0.1) is 0 Å². The molecule has 0 saturated heterocycles. The Hall–Kier alpha value is -1.09. The molecule has 0 N–H and O–H groups in total. The Bertz CT molecular complexity index is 619. The van der Waals surface area contributed by atoms with E-state index in [0.29, 0.717) is 15.7 Å². The molecule has 0 aliphatic heterocycles. The van der Waals surface area contributed by atoms with Crippen LogP contribution in [0.4, 0.5) is 0 Å². The van der Waals surface area contributed by atoms with Gasteiger partial charge in [-0.15, -0.1) is 0 Å². The third-order valence-corrected chi connectivity index (χ3v) is 3.78. The molecular formula is C14H15GeN. The van der Waals surface area contributed by atoms with Gasteiger partial charge in [0.2, 0.25) is 0 Å². The van der Waals surface area contributed by atoms with E-state index in [1.54, 1.807) is 6.07 Å². The van der Waals surface area contributed by atoms with E-state index >= 15 is 0 Å². The zero-order valence-corrected chi connectivity index (χ0v) is 11.1. The Kier molecular flexibility index (Phi) is 2.19. The average Bonchev–Trinajstić information content (AvgIpc) is 2.37. The quantitative estimate of drug-likeness (QED) is 0.785. The maximum atomic E-state index is 7.96. The Morgan fingerprint density at radius 2 is 2.19 bits per heavy atom. The molecule has 0 amide bonds. The number of aromatic nitrogens is 1. The average molecular weight is 275 g/mol. The van der Waals surface area contributed by atoms with Crippen LogP contribution < -0.4 is 4.40 Å². The van der Waals surface area contributed by atoms with Crippen LogP contribution in [0.25, 0.3) is 11.3 Å². The topological polar surface area (TPSA) is 12.9 Å². The van der Waals surface area contributed by atoms with Gasteiger partial charge < -0.3 is 0 Å². The van der Waals surface area contributed by atoms with Gasteiger partial charge in [0.15, 0.2) is 0 Å². The molecule has 0 aliphatic carbocycles. The van der Waals surface area contributed by atoms with E-state index in [1.807, 2.05) is 30.3 Å². The Morgan fingerprint density at radius 1 is 1.38 bits per heavy atom. The summed E-state index contributed by atoms with van der Waals surface area (Å²) in [6, 6.07) is 11.2. The van der Waals surface area contributed by atoms with Crippen LogP contribution in [0.2, 0.25) is 5.68 Å². The third kappa shape index (κ3) is 2.35. The number of aryl methyl sites for hydroxylation is 1. The van der Waals surface area contributed by atoms with Gasteiger partial charge in [-0.2, -0.15) is 0 Å². The second kappa shape index (κ2) is 5.30. The molecule has 2 rings (SSSR count). The molecule has 1 heterocycles. The van der Waals surface area contributed by atoms with Crippen molar-refractivity contribution in [3.05, 3.63) is 48.2 Å². The summed E-state index contributed by atoms with van der Waals surface area (Å²) in [5, 5.41) is 0. The van der Waals surface area contributed by atoms with E-state index in [9.17, 15) is 0 Å². The minimum atomic E-state index is -2.02. The van der Waals surface area contributed by atoms with Crippen molar-refractivity contribution in [2.45, 2.75) is 19.0 Å². The molecule has 0 unspecified atom stereocenters. The van der Waals surface area contributed by atoms with Crippen molar-refractivity contribution in [1.29, 1.82) is 0 Å². The first-order valence-electron chi connectivity index (χ1n) is 7.51. The minimum absolute atomic E-state index is 0.437. The second-order valence-corrected chi connectivity index (χ2v) is 5.01. The summed E-state index contributed by atoms with van der Waals surface area (Å²) in [7, 11) is 0. The van der Waals surface area contributed by atoms with Crippen molar-refractivity contribution in [3.8, 4) is 11.3 Å². The maximum absolute atomic E-state index is 7.96. The first kappa shape index (κ1) is 6.60. The molecule has 2 aromatic rings. The van der Waals surface area contributed by atoms with Gasteiger partial charge in [-0.25, -0.2) is 0 Å². The van der Waals surface area contributed by atoms with Gasteiger partial charge in [0.25, 0.3) is 0 Å². The monoisotopic (exact) mass is 276 g/mol. The number of nitrogens with zero attached hydrogens (tertiary/aromatic N) is 1. The Labute approximate surface area is 110 Å². The number of hydrogen-bond donors (Lipinski definition) is 0. The van der Waals surface area contributed by atoms with E-state index in [0.717, 1.165) is 5.56 Å². The number of hydrogen-bond acceptors (Lipinski definition) is 1. The van der Waals surface area contributed by atoms with Crippen molar-refractivity contribution in [3.63, 3.8) is 0 Å². The summed E-state index contributed by atoms with van der Waals surface area (Å²) < 4.78 is 38.8. The zero-order chi connectivity index (χ0) is 15.7. The van der Waals surface area contributed by atoms with Crippen LogP contribution in [-0.4, -0.2) is 20.4 Å². The summed E-state index contributed by atoms with van der Waals surface area (Å²) in [5.74, 6) is 0. The molecule has 0 saturated carbocycles. The zero-order valence-electron chi connectivity index (χ0n) is 14.0. The predicted octanol–water partition coefficient (Wildman–Crippen LogP) is 2.69. The molecule has 2 radical (unpaired) electrons. The fourth-order valence-electron chi connectivity index (χ4n) is 1.53. The molecule has 0 fully saturated rings. The van der Waals surface area contributed by atoms with Crippen LogP contribution in [-0.2, 0) is 6.37 Å². The van der Waals surface area contributed by atoms with Crippen LogP contribution in [0.1, 0.15) is 19.3 Å². The fourth-order valence-corrected chi connectivity index (χ4v) is 2.50. The standard InChI is InChI=1S/C14H15GeN/c1-3-11-9-14(16-10-13(11)15-2)12-7-5-4-6-8-12/h4-10H,3H2,1-2H3/i2D3,3D2. The molecule has 1 aromatic heterocycles. The molecule has 0 aliphatic rings. The summed E-state index contributed by atoms with van der Waals surface area (Å²) in [4.78, 5) is 4.32. The van der Waals surface area contributed by atoms with Gasteiger partial charge in [0.1, 0.15) is 0 Å². The van der Waals surface area contributed by atoms with Crippen LogP contribution in [0.5, 0.6) is 0 Å². The van der Waals surface area contributed by atoms with Crippen LogP contribution in [0, 0.1) is 0 Å². The summed E-state index contributed by atoms with van der Waals surface area (Å²) in [6.45, 7) is 1.45. The summed E-state index contributed by atoms with van der Waals surface area (Å²) >= 11 is -1.44. The van der Waals surface area contributed by atoms with E-state index < -0.39 is 27.5 Å². The van der Waals surface area contributed by atoms with Gasteiger partial charge in [-0.3, -0.25) is 0 Å². The first-order chi connectivity index (χ1) is 9.67. The van der Waals surface area contributed by atoms with Crippen molar-refractivity contribution >= 4 is 19.8 Å². The number of rotatable bonds is 3. The van der Waals surface area contributed by atoms with Crippen molar-refractivity contribution in [1.82, 2.24) is 4.98 Å². The van der Waals surface area contributed by atoms with Gasteiger partial charge >= 0.3 is 110 Å². The van der Waals surface area contributed by atoms with Crippen LogP contribution in [0.3, 0.4) is 0 Å². The fraction of sp³-hybridized carbons (Fsp3) is 0.214. The van der Waals surface area contributed by atoms with E-state index in [2.05, 4.69) is 4.98 Å². The predicted molar refractivity (Wildman–Crippen MR) is 70.3 cm³/mol. The number of benzene rings is 1. The van der Waals surface area contributed by atoms with E-state index in [-0.39, 0.29) is 0 Å². The molecule has 0 spiro atoms. The van der Waals surface area contributed by atoms with Crippen molar-refractivity contribution < 1.29 is 6.85 Å². The normalized spacial score (nSPS) is 16.7. The third-order valence-electron chi connectivity index (χ3n) is 2.38. The molecule has 1 aromatic carbocycles. The molecular weight excluding hydrogens is 255 g/mol. The van der Waals surface area contributed by atoms with Gasteiger partial charge in [-0.1, -0.05) is 0 Å². The Morgan fingerprint density at radius 3 is 2.88 bits per heavy atom. The molecule has 2 heteroatoms. The van der Waals surface area contributed by atoms with E-state index in [1.165, 1.54) is 13.1 Å². The molecule has 80 valence electrons. The van der Waals surface area contributed by atoms with E-state index in [4.69, 9.17) is 6.85 Å². The molecule has 0 atom stereocenters. The van der Waals surface area contributed by atoms with Gasteiger partial charge in [-0.05, 0) is 0 Å². The van der Waals surface area contributed by atoms with Crippen LogP contribution >= 0.6 is 0 Å². The molecule has 0 bridgehead atoms. The van der Waals surface area contributed by atoms with Gasteiger partial charge in [0, 0.05) is 0 Å². The SMILES string of the molecule is [2H][C]([2H])([2H])[Ge][c]1cnc(-c2ccccc2)cc1C([2H])([2H])C. The molecule has 16 heavy (non-hydrogen) atoms. The first-order valence-corrected chi connectivity index (χ1v) is 7.11. The summed E-state index contributed by atoms with van der Waals surface area (Å²) in [6.07, 6.45) is -0.0537. The Balaban J connectivity index is 2.50. The van der Waals surface area contributed by atoms with Crippen LogP contribution in [0.15, 0.2) is 42.6 Å². The molecule has 1 nitrogen and oxygen atoms in total.